The Morgan fingerprint density at radius 1 is 1.17 bits per heavy atom. The van der Waals surface area contributed by atoms with Crippen LogP contribution in [-0.2, 0) is 5.41 Å². The quantitative estimate of drug-likeness (QED) is 0.586. The van der Waals surface area contributed by atoms with Crippen LogP contribution < -0.4 is 5.56 Å². The van der Waals surface area contributed by atoms with Gasteiger partial charge in [-0.3, -0.25) is 14.1 Å². The van der Waals surface area contributed by atoms with E-state index in [-0.39, 0.29) is 17.0 Å². The minimum Gasteiger partial charge on any atom is -0.296 e. The molecule has 0 radical (unpaired) electrons. The molecule has 1 aliphatic heterocycles. The number of hydrogen-bond donors (Lipinski definition) is 0. The molecular formula is C25H31N3OS. The summed E-state index contributed by atoms with van der Waals surface area (Å²) in [5.41, 5.74) is 4.91. The fourth-order valence-electron chi connectivity index (χ4n) is 5.53. The van der Waals surface area contributed by atoms with Gasteiger partial charge in [0.1, 0.15) is 0 Å². The maximum atomic E-state index is 13.1. The van der Waals surface area contributed by atoms with Crippen LogP contribution in [-0.4, -0.2) is 27.4 Å². The van der Waals surface area contributed by atoms with Crippen molar-refractivity contribution in [3.63, 3.8) is 0 Å². The van der Waals surface area contributed by atoms with Gasteiger partial charge in [-0.05, 0) is 54.6 Å². The van der Waals surface area contributed by atoms with E-state index in [0.717, 1.165) is 35.2 Å². The second-order valence-corrected chi connectivity index (χ2v) is 11.1. The Labute approximate surface area is 182 Å². The highest BCUT2D eigenvalue weighted by atomic mass is 32.1. The topological polar surface area (TPSA) is 37.6 Å². The van der Waals surface area contributed by atoms with Crippen molar-refractivity contribution < 1.29 is 0 Å². The molecule has 0 spiro atoms. The smallest absolute Gasteiger partial charge is 0.263 e. The van der Waals surface area contributed by atoms with E-state index in [2.05, 4.69) is 61.8 Å². The molecule has 1 saturated carbocycles. The van der Waals surface area contributed by atoms with Gasteiger partial charge >= 0.3 is 0 Å². The molecule has 2 fully saturated rings. The third kappa shape index (κ3) is 3.14. The maximum absolute atomic E-state index is 13.1. The fraction of sp³-hybridized carbons (Fsp3) is 0.520. The molecule has 4 atom stereocenters. The van der Waals surface area contributed by atoms with E-state index in [1.807, 2.05) is 18.5 Å². The van der Waals surface area contributed by atoms with Crippen molar-refractivity contribution in [3.8, 4) is 0 Å². The number of thiazole rings is 1. The van der Waals surface area contributed by atoms with Crippen LogP contribution in [0.2, 0.25) is 0 Å². The Bertz CT molecular complexity index is 1140. The Hall–Kier alpha value is -1.98. The lowest BCUT2D eigenvalue weighted by atomic mass is 9.64. The Morgan fingerprint density at radius 2 is 1.90 bits per heavy atom. The van der Waals surface area contributed by atoms with E-state index in [9.17, 15) is 4.79 Å². The summed E-state index contributed by atoms with van der Waals surface area (Å²) in [7, 11) is 0. The predicted molar refractivity (Wildman–Crippen MR) is 124 cm³/mol. The zero-order chi connectivity index (χ0) is 21.2. The number of aryl methyl sites for hydroxylation is 1. The number of aromatic nitrogens is 2. The van der Waals surface area contributed by atoms with Gasteiger partial charge in [0.05, 0.1) is 11.3 Å². The normalized spacial score (nSPS) is 25.3. The lowest BCUT2D eigenvalue weighted by Gasteiger charge is -2.40. The van der Waals surface area contributed by atoms with Crippen LogP contribution in [0.5, 0.6) is 0 Å². The number of nitrogens with zero attached hydrogens (tertiary/aromatic N) is 3. The van der Waals surface area contributed by atoms with Crippen molar-refractivity contribution in [2.75, 3.05) is 13.1 Å². The average molecular weight is 422 g/mol. The zero-order valence-corrected chi connectivity index (χ0v) is 19.4. The number of fused-ring (bicyclic) bond motifs is 2. The van der Waals surface area contributed by atoms with Crippen molar-refractivity contribution in [2.45, 2.75) is 58.4 Å². The SMILES string of the molecule is Cc1nc2sccn2c(=O)c1C(C)N1CC2CC(c3ccc(C(C)(C)C)cc3)C2C1. The lowest BCUT2D eigenvalue weighted by molar-refractivity contribution is 0.191. The van der Waals surface area contributed by atoms with Gasteiger partial charge in [0.15, 0.2) is 4.96 Å². The van der Waals surface area contributed by atoms with Crippen LogP contribution in [0.4, 0.5) is 0 Å². The standard InChI is InChI=1S/C25H31N3OS/c1-15-22(23(29)28-10-11-30-24(28)26-15)16(2)27-13-18-12-20(21(18)14-27)17-6-8-19(9-7-17)25(3,4)5/h6-11,16,18,20-21H,12-14H2,1-5H3. The lowest BCUT2D eigenvalue weighted by Crippen LogP contribution is -2.33. The van der Waals surface area contributed by atoms with Crippen LogP contribution in [0.25, 0.3) is 4.96 Å². The van der Waals surface area contributed by atoms with Crippen molar-refractivity contribution >= 4 is 16.3 Å². The van der Waals surface area contributed by atoms with Gasteiger partial charge < -0.3 is 0 Å². The first-order chi connectivity index (χ1) is 14.2. The maximum Gasteiger partial charge on any atom is 0.263 e. The number of benzene rings is 1. The molecule has 1 aliphatic carbocycles. The van der Waals surface area contributed by atoms with Crippen LogP contribution >= 0.6 is 11.3 Å². The van der Waals surface area contributed by atoms with Crippen LogP contribution in [0, 0.1) is 18.8 Å². The Morgan fingerprint density at radius 3 is 2.60 bits per heavy atom. The Kier molecular flexibility index (Phi) is 4.67. The summed E-state index contributed by atoms with van der Waals surface area (Å²) in [5, 5.41) is 1.93. The third-order valence-corrected chi connectivity index (χ3v) is 8.21. The molecule has 30 heavy (non-hydrogen) atoms. The number of rotatable bonds is 3. The highest BCUT2D eigenvalue weighted by Gasteiger charge is 2.48. The second kappa shape index (κ2) is 7.03. The van der Waals surface area contributed by atoms with Crippen molar-refractivity contribution in [3.05, 3.63) is 68.6 Å². The van der Waals surface area contributed by atoms with Gasteiger partial charge in [0.2, 0.25) is 0 Å². The molecular weight excluding hydrogens is 390 g/mol. The molecule has 4 nitrogen and oxygen atoms in total. The monoisotopic (exact) mass is 421 g/mol. The number of likely N-dealkylation sites (tertiary alicyclic amines) is 1. The molecule has 0 amide bonds. The van der Waals surface area contributed by atoms with Crippen LogP contribution in [0.3, 0.4) is 0 Å². The van der Waals surface area contributed by atoms with E-state index in [4.69, 9.17) is 0 Å². The fourth-order valence-corrected chi connectivity index (χ4v) is 6.28. The molecule has 0 N–H and O–H groups in total. The van der Waals surface area contributed by atoms with E-state index >= 15 is 0 Å². The molecule has 2 aromatic heterocycles. The van der Waals surface area contributed by atoms with Crippen molar-refractivity contribution in [1.29, 1.82) is 0 Å². The van der Waals surface area contributed by atoms with Gasteiger partial charge in [0.25, 0.3) is 5.56 Å². The molecule has 3 aromatic rings. The zero-order valence-electron chi connectivity index (χ0n) is 18.6. The van der Waals surface area contributed by atoms with Gasteiger partial charge in [-0.1, -0.05) is 45.0 Å². The largest absolute Gasteiger partial charge is 0.296 e. The molecule has 5 rings (SSSR count). The molecule has 5 heteroatoms. The molecule has 3 heterocycles. The summed E-state index contributed by atoms with van der Waals surface area (Å²) in [4.78, 5) is 21.1. The molecule has 0 bridgehead atoms. The van der Waals surface area contributed by atoms with Gasteiger partial charge in [-0.2, -0.15) is 0 Å². The first kappa shape index (κ1) is 20.0. The molecule has 158 valence electrons. The summed E-state index contributed by atoms with van der Waals surface area (Å²) < 4.78 is 1.70. The number of hydrogen-bond acceptors (Lipinski definition) is 4. The summed E-state index contributed by atoms with van der Waals surface area (Å²) in [6.45, 7) is 13.1. The van der Waals surface area contributed by atoms with Crippen molar-refractivity contribution in [2.24, 2.45) is 11.8 Å². The summed E-state index contributed by atoms with van der Waals surface area (Å²) in [6.07, 6.45) is 3.11. The first-order valence-electron chi connectivity index (χ1n) is 11.0. The Balaban J connectivity index is 1.35. The summed E-state index contributed by atoms with van der Waals surface area (Å²) in [5.74, 6) is 2.11. The molecule has 1 saturated heterocycles. The van der Waals surface area contributed by atoms with Gasteiger partial charge in [0, 0.05) is 30.7 Å². The van der Waals surface area contributed by atoms with Crippen LogP contribution in [0.1, 0.15) is 68.5 Å². The van der Waals surface area contributed by atoms with Gasteiger partial charge in [-0.25, -0.2) is 4.98 Å². The first-order valence-corrected chi connectivity index (χ1v) is 11.9. The highest BCUT2D eigenvalue weighted by molar-refractivity contribution is 7.15. The summed E-state index contributed by atoms with van der Waals surface area (Å²) in [6, 6.07) is 9.42. The highest BCUT2D eigenvalue weighted by Crippen LogP contribution is 2.52. The van der Waals surface area contributed by atoms with E-state index in [0.29, 0.717) is 11.8 Å². The van der Waals surface area contributed by atoms with Crippen molar-refractivity contribution in [1.82, 2.24) is 14.3 Å². The van der Waals surface area contributed by atoms with E-state index in [1.54, 1.807) is 4.40 Å². The molecule has 1 aromatic carbocycles. The average Bonchev–Trinajstić information content (AvgIpc) is 3.27. The van der Waals surface area contributed by atoms with E-state index < -0.39 is 0 Å². The minimum absolute atomic E-state index is 0.0971. The minimum atomic E-state index is 0.0971. The molecule has 2 aliphatic rings. The van der Waals surface area contributed by atoms with Gasteiger partial charge in [-0.15, -0.1) is 11.3 Å². The van der Waals surface area contributed by atoms with E-state index in [1.165, 1.54) is 28.9 Å². The summed E-state index contributed by atoms with van der Waals surface area (Å²) >= 11 is 1.52. The van der Waals surface area contributed by atoms with Crippen LogP contribution in [0.15, 0.2) is 40.6 Å². The molecule has 4 unspecified atom stereocenters. The third-order valence-electron chi connectivity index (χ3n) is 7.46. The second-order valence-electron chi connectivity index (χ2n) is 10.2. The predicted octanol–water partition coefficient (Wildman–Crippen LogP) is 5.16.